The highest BCUT2D eigenvalue weighted by atomic mass is 16.6. The summed E-state index contributed by atoms with van der Waals surface area (Å²) >= 11 is 0. The van der Waals surface area contributed by atoms with Crippen LogP contribution in [0.15, 0.2) is 72.8 Å². The lowest BCUT2D eigenvalue weighted by Gasteiger charge is -2.21. The number of nitro groups is 1. The molecule has 0 spiro atoms. The molecule has 0 aromatic heterocycles. The number of methoxy groups -OCH3 is 1. The molecule has 0 bridgehead atoms. The van der Waals surface area contributed by atoms with Crippen molar-refractivity contribution in [1.82, 2.24) is 0 Å². The Labute approximate surface area is 171 Å². The van der Waals surface area contributed by atoms with Gasteiger partial charge in [0, 0.05) is 23.3 Å². The number of nitrogens with zero attached hydrogens (tertiary/aromatic N) is 3. The Kier molecular flexibility index (Phi) is 5.84. The van der Waals surface area contributed by atoms with Gasteiger partial charge >= 0.3 is 0 Å². The fourth-order valence-electron chi connectivity index (χ4n) is 2.73. The maximum atomic E-state index is 13.2. The molecule has 2 amide bonds. The fraction of sp³-hybridized carbons (Fsp3) is 0.0455. The minimum atomic E-state index is -0.657. The van der Waals surface area contributed by atoms with Gasteiger partial charge in [-0.2, -0.15) is 5.26 Å². The first kappa shape index (κ1) is 20.2. The van der Waals surface area contributed by atoms with Crippen molar-refractivity contribution in [2.24, 2.45) is 0 Å². The minimum Gasteiger partial charge on any atom is -0.497 e. The van der Waals surface area contributed by atoms with E-state index in [1.807, 2.05) is 6.07 Å². The zero-order valence-corrected chi connectivity index (χ0v) is 15.8. The standard InChI is InChI=1S/C22H15N3O5/c1-30-20-12-6-17(7-13-20)22(27)24(18-8-2-15(14-23)3-9-18)21(26)16-4-10-19(11-5-16)25(28)29/h2-13H,1H3. The van der Waals surface area contributed by atoms with Crippen LogP contribution in [0, 0.1) is 21.4 Å². The number of hydrogen-bond donors (Lipinski definition) is 0. The van der Waals surface area contributed by atoms with E-state index in [-0.39, 0.29) is 22.5 Å². The predicted octanol–water partition coefficient (Wildman–Crippen LogP) is 3.96. The van der Waals surface area contributed by atoms with E-state index in [4.69, 9.17) is 10.00 Å². The Hall–Kier alpha value is -4.51. The summed E-state index contributed by atoms with van der Waals surface area (Å²) in [5, 5.41) is 19.9. The van der Waals surface area contributed by atoms with Gasteiger partial charge < -0.3 is 4.74 Å². The molecular weight excluding hydrogens is 386 g/mol. The number of benzene rings is 3. The van der Waals surface area contributed by atoms with Gasteiger partial charge in [0.15, 0.2) is 0 Å². The SMILES string of the molecule is COc1ccc(C(=O)N(C(=O)c2ccc([N+](=O)[O-])cc2)c2ccc(C#N)cc2)cc1. The van der Waals surface area contributed by atoms with Crippen molar-refractivity contribution < 1.29 is 19.2 Å². The Balaban J connectivity index is 2.03. The highest BCUT2D eigenvalue weighted by molar-refractivity contribution is 6.25. The number of anilines is 1. The van der Waals surface area contributed by atoms with Gasteiger partial charge in [0.25, 0.3) is 17.5 Å². The van der Waals surface area contributed by atoms with Crippen molar-refractivity contribution in [3.05, 3.63) is 99.6 Å². The summed E-state index contributed by atoms with van der Waals surface area (Å²) in [6.07, 6.45) is 0. The number of non-ortho nitro benzene ring substituents is 1. The van der Waals surface area contributed by atoms with Gasteiger partial charge in [-0.3, -0.25) is 19.7 Å². The third kappa shape index (κ3) is 4.15. The van der Waals surface area contributed by atoms with Gasteiger partial charge in [0.2, 0.25) is 0 Å². The van der Waals surface area contributed by atoms with Crippen molar-refractivity contribution in [2.75, 3.05) is 12.0 Å². The van der Waals surface area contributed by atoms with Gasteiger partial charge in [-0.1, -0.05) is 0 Å². The number of rotatable bonds is 5. The molecule has 30 heavy (non-hydrogen) atoms. The Morgan fingerprint density at radius 3 is 1.83 bits per heavy atom. The average molecular weight is 401 g/mol. The Morgan fingerprint density at radius 1 is 0.900 bits per heavy atom. The molecule has 148 valence electrons. The number of ether oxygens (including phenoxy) is 1. The summed E-state index contributed by atoms with van der Waals surface area (Å²) in [7, 11) is 1.50. The summed E-state index contributed by atoms with van der Waals surface area (Å²) in [5.41, 5.74) is 0.816. The molecule has 0 atom stereocenters. The van der Waals surface area contributed by atoms with Gasteiger partial charge in [-0.15, -0.1) is 0 Å². The van der Waals surface area contributed by atoms with Crippen molar-refractivity contribution in [3.63, 3.8) is 0 Å². The first-order valence-corrected chi connectivity index (χ1v) is 8.72. The van der Waals surface area contributed by atoms with E-state index in [1.165, 1.54) is 67.8 Å². The molecule has 3 rings (SSSR count). The molecule has 0 aliphatic rings. The minimum absolute atomic E-state index is 0.104. The lowest BCUT2D eigenvalue weighted by molar-refractivity contribution is -0.384. The van der Waals surface area contributed by atoms with Crippen LogP contribution < -0.4 is 9.64 Å². The average Bonchev–Trinajstić information content (AvgIpc) is 2.79. The van der Waals surface area contributed by atoms with E-state index >= 15 is 0 Å². The normalized spacial score (nSPS) is 10.0. The number of carbonyl (C=O) groups excluding carboxylic acids is 2. The lowest BCUT2D eigenvalue weighted by Crippen LogP contribution is -2.37. The van der Waals surface area contributed by atoms with Crippen LogP contribution in [0.3, 0.4) is 0 Å². The smallest absolute Gasteiger partial charge is 0.269 e. The molecule has 8 heteroatoms. The Morgan fingerprint density at radius 2 is 1.40 bits per heavy atom. The molecule has 0 radical (unpaired) electrons. The van der Waals surface area contributed by atoms with Crippen LogP contribution in [0.25, 0.3) is 0 Å². The molecule has 8 nitrogen and oxygen atoms in total. The fourth-order valence-corrected chi connectivity index (χ4v) is 2.73. The zero-order chi connectivity index (χ0) is 21.7. The van der Waals surface area contributed by atoms with Crippen molar-refractivity contribution >= 4 is 23.2 Å². The monoisotopic (exact) mass is 401 g/mol. The lowest BCUT2D eigenvalue weighted by atomic mass is 10.1. The predicted molar refractivity (Wildman–Crippen MR) is 108 cm³/mol. The van der Waals surface area contributed by atoms with E-state index in [9.17, 15) is 19.7 Å². The molecule has 0 fully saturated rings. The van der Waals surface area contributed by atoms with E-state index < -0.39 is 16.7 Å². The number of nitro benzene ring substituents is 1. The van der Waals surface area contributed by atoms with E-state index in [2.05, 4.69) is 0 Å². The number of hydrogen-bond acceptors (Lipinski definition) is 6. The quantitative estimate of drug-likeness (QED) is 0.363. The van der Waals surface area contributed by atoms with Crippen LogP contribution in [0.5, 0.6) is 5.75 Å². The van der Waals surface area contributed by atoms with E-state index in [0.29, 0.717) is 11.3 Å². The summed E-state index contributed by atoms with van der Waals surface area (Å²) in [5.74, 6) is -0.695. The number of amides is 2. The van der Waals surface area contributed by atoms with E-state index in [1.54, 1.807) is 12.1 Å². The number of nitriles is 1. The Bertz CT molecular complexity index is 1130. The first-order valence-electron chi connectivity index (χ1n) is 8.72. The van der Waals surface area contributed by atoms with E-state index in [0.717, 1.165) is 4.90 Å². The molecule has 0 unspecified atom stereocenters. The zero-order valence-electron chi connectivity index (χ0n) is 15.8. The van der Waals surface area contributed by atoms with Gasteiger partial charge in [-0.25, -0.2) is 4.90 Å². The number of imide groups is 1. The highest BCUT2D eigenvalue weighted by Crippen LogP contribution is 2.23. The summed E-state index contributed by atoms with van der Waals surface area (Å²) in [4.78, 5) is 37.6. The maximum absolute atomic E-state index is 13.2. The number of carbonyl (C=O) groups is 2. The molecule has 0 aliphatic carbocycles. The summed E-state index contributed by atoms with van der Waals surface area (Å²) in [6, 6.07) is 19.2. The topological polar surface area (TPSA) is 114 Å². The molecule has 3 aromatic rings. The molecule has 0 saturated carbocycles. The van der Waals surface area contributed by atoms with Crippen LogP contribution in [-0.4, -0.2) is 23.8 Å². The molecule has 0 aliphatic heterocycles. The largest absolute Gasteiger partial charge is 0.497 e. The van der Waals surface area contributed by atoms with Crippen LogP contribution in [0.1, 0.15) is 26.3 Å². The van der Waals surface area contributed by atoms with Crippen LogP contribution in [0.2, 0.25) is 0 Å². The third-order valence-electron chi connectivity index (χ3n) is 4.32. The maximum Gasteiger partial charge on any atom is 0.269 e. The van der Waals surface area contributed by atoms with Crippen LogP contribution in [0.4, 0.5) is 11.4 Å². The second-order valence-corrected chi connectivity index (χ2v) is 6.14. The molecule has 0 N–H and O–H groups in total. The van der Waals surface area contributed by atoms with Crippen molar-refractivity contribution in [1.29, 1.82) is 5.26 Å². The molecule has 0 saturated heterocycles. The molecule has 0 heterocycles. The van der Waals surface area contributed by atoms with Crippen molar-refractivity contribution in [2.45, 2.75) is 0 Å². The van der Waals surface area contributed by atoms with Gasteiger partial charge in [0.1, 0.15) is 5.75 Å². The second kappa shape index (κ2) is 8.67. The van der Waals surface area contributed by atoms with Gasteiger partial charge in [0.05, 0.1) is 29.4 Å². The first-order chi connectivity index (χ1) is 14.4. The molecule has 3 aromatic carbocycles. The van der Waals surface area contributed by atoms with Gasteiger partial charge in [-0.05, 0) is 60.7 Å². The molecular formula is C22H15N3O5. The second-order valence-electron chi connectivity index (χ2n) is 6.14. The van der Waals surface area contributed by atoms with Crippen LogP contribution in [-0.2, 0) is 0 Å². The summed E-state index contributed by atoms with van der Waals surface area (Å²) in [6.45, 7) is 0. The third-order valence-corrected chi connectivity index (χ3v) is 4.32. The van der Waals surface area contributed by atoms with Crippen LogP contribution >= 0.6 is 0 Å². The summed E-state index contributed by atoms with van der Waals surface area (Å²) < 4.78 is 5.09. The highest BCUT2D eigenvalue weighted by Gasteiger charge is 2.26. The van der Waals surface area contributed by atoms with Crippen molar-refractivity contribution in [3.8, 4) is 11.8 Å².